The maximum atomic E-state index is 12.9. The molecule has 0 aromatic heterocycles. The van der Waals surface area contributed by atoms with E-state index in [1.54, 1.807) is 6.07 Å². The summed E-state index contributed by atoms with van der Waals surface area (Å²) in [5.41, 5.74) is 4.44. The normalized spacial score (nSPS) is 17.6. The molecule has 1 aliphatic rings. The average Bonchev–Trinajstić information content (AvgIpc) is 2.90. The zero-order valence-corrected chi connectivity index (χ0v) is 21.9. The summed E-state index contributed by atoms with van der Waals surface area (Å²) in [6.07, 6.45) is 15.8. The summed E-state index contributed by atoms with van der Waals surface area (Å²) in [5.74, 6) is 0.670. The summed E-state index contributed by atoms with van der Waals surface area (Å²) in [7, 11) is 0. The van der Waals surface area contributed by atoms with Crippen LogP contribution in [0.5, 0.6) is 5.75 Å². The standard InChI is InChI=1S/C32H43NO2/c1-3-5-7-9-11-25-13-16-27(17-14-25)28-18-20-29(21-19-28)32(34)35-31-22-15-26(23-30(31)24-33)12-10-8-6-4-2/h13-17,22-23,28-29H,3-12,18-21H2,1-2H3. The van der Waals surface area contributed by atoms with E-state index in [2.05, 4.69) is 44.2 Å². The van der Waals surface area contributed by atoms with Crippen LogP contribution in [-0.2, 0) is 17.6 Å². The Morgan fingerprint density at radius 3 is 2.03 bits per heavy atom. The first kappa shape index (κ1) is 27.0. The van der Waals surface area contributed by atoms with Gasteiger partial charge in [0, 0.05) is 0 Å². The number of unbranched alkanes of at least 4 members (excludes halogenated alkanes) is 6. The van der Waals surface area contributed by atoms with Gasteiger partial charge in [0.2, 0.25) is 0 Å². The molecular weight excluding hydrogens is 430 g/mol. The predicted octanol–water partition coefficient (Wildman–Crippen LogP) is 8.68. The van der Waals surface area contributed by atoms with E-state index in [1.807, 2.05) is 12.1 Å². The number of aryl methyl sites for hydroxylation is 2. The summed E-state index contributed by atoms with van der Waals surface area (Å²) < 4.78 is 5.72. The van der Waals surface area contributed by atoms with Crippen molar-refractivity contribution in [3.8, 4) is 11.8 Å². The monoisotopic (exact) mass is 473 g/mol. The highest BCUT2D eigenvalue weighted by atomic mass is 16.5. The maximum absolute atomic E-state index is 12.9. The summed E-state index contributed by atoms with van der Waals surface area (Å²) in [6, 6.07) is 17.1. The molecule has 1 aliphatic carbocycles. The van der Waals surface area contributed by atoms with Gasteiger partial charge in [0.1, 0.15) is 11.8 Å². The molecule has 1 saturated carbocycles. The van der Waals surface area contributed by atoms with Crippen molar-refractivity contribution in [1.82, 2.24) is 0 Å². The SMILES string of the molecule is CCCCCCc1ccc(C2CCC(C(=O)Oc3ccc(CCCCCC)cc3C#N)CC2)cc1. The first-order valence-corrected chi connectivity index (χ1v) is 14.0. The Hall–Kier alpha value is -2.60. The van der Waals surface area contributed by atoms with Gasteiger partial charge in [0.15, 0.2) is 0 Å². The molecular formula is C32H43NO2. The lowest BCUT2D eigenvalue weighted by atomic mass is 9.78. The maximum Gasteiger partial charge on any atom is 0.314 e. The second kappa shape index (κ2) is 14.7. The number of rotatable bonds is 13. The molecule has 0 heterocycles. The van der Waals surface area contributed by atoms with Crippen LogP contribution < -0.4 is 4.74 Å². The van der Waals surface area contributed by atoms with Crippen molar-refractivity contribution in [2.75, 3.05) is 0 Å². The molecule has 3 rings (SSSR count). The zero-order valence-electron chi connectivity index (χ0n) is 21.9. The number of esters is 1. The quantitative estimate of drug-likeness (QED) is 0.166. The van der Waals surface area contributed by atoms with E-state index in [0.717, 1.165) is 44.1 Å². The van der Waals surface area contributed by atoms with Crippen LogP contribution in [0.4, 0.5) is 0 Å². The number of hydrogen-bond acceptors (Lipinski definition) is 3. The molecule has 0 bridgehead atoms. The molecule has 35 heavy (non-hydrogen) atoms. The molecule has 0 unspecified atom stereocenters. The van der Waals surface area contributed by atoms with Gasteiger partial charge in [-0.2, -0.15) is 5.26 Å². The fraction of sp³-hybridized carbons (Fsp3) is 0.562. The van der Waals surface area contributed by atoms with Crippen molar-refractivity contribution >= 4 is 5.97 Å². The smallest absolute Gasteiger partial charge is 0.314 e. The van der Waals surface area contributed by atoms with Gasteiger partial charge in [-0.05, 0) is 86.1 Å². The third kappa shape index (κ3) is 8.53. The third-order valence-electron chi connectivity index (χ3n) is 7.52. The van der Waals surface area contributed by atoms with Crippen molar-refractivity contribution in [3.05, 3.63) is 64.7 Å². The van der Waals surface area contributed by atoms with Crippen LogP contribution in [0.15, 0.2) is 42.5 Å². The van der Waals surface area contributed by atoms with Gasteiger partial charge >= 0.3 is 5.97 Å². The van der Waals surface area contributed by atoms with Gasteiger partial charge in [-0.15, -0.1) is 0 Å². The highest BCUT2D eigenvalue weighted by Crippen LogP contribution is 2.37. The molecule has 1 fully saturated rings. The minimum absolute atomic E-state index is 0.0793. The number of hydrogen-bond donors (Lipinski definition) is 0. The third-order valence-corrected chi connectivity index (χ3v) is 7.52. The number of benzene rings is 2. The molecule has 3 nitrogen and oxygen atoms in total. The Labute approximate surface area is 212 Å². The lowest BCUT2D eigenvalue weighted by Crippen LogP contribution is -2.25. The van der Waals surface area contributed by atoms with Crippen LogP contribution in [0.1, 0.15) is 119 Å². The molecule has 0 spiro atoms. The molecule has 0 N–H and O–H groups in total. The minimum atomic E-state index is -0.182. The van der Waals surface area contributed by atoms with Crippen molar-refractivity contribution in [3.63, 3.8) is 0 Å². The number of nitriles is 1. The summed E-state index contributed by atoms with van der Waals surface area (Å²) in [5, 5.41) is 9.59. The first-order chi connectivity index (χ1) is 17.1. The van der Waals surface area contributed by atoms with Gasteiger partial charge < -0.3 is 4.74 Å². The van der Waals surface area contributed by atoms with Crippen LogP contribution >= 0.6 is 0 Å². The van der Waals surface area contributed by atoms with Crippen molar-refractivity contribution in [2.24, 2.45) is 5.92 Å². The second-order valence-corrected chi connectivity index (χ2v) is 10.3. The van der Waals surface area contributed by atoms with E-state index in [0.29, 0.717) is 17.2 Å². The Morgan fingerprint density at radius 2 is 1.43 bits per heavy atom. The molecule has 188 valence electrons. The molecule has 3 heteroatoms. The molecule has 0 radical (unpaired) electrons. The predicted molar refractivity (Wildman–Crippen MR) is 144 cm³/mol. The van der Waals surface area contributed by atoms with E-state index < -0.39 is 0 Å². The minimum Gasteiger partial charge on any atom is -0.425 e. The number of nitrogens with zero attached hydrogens (tertiary/aromatic N) is 1. The van der Waals surface area contributed by atoms with E-state index >= 15 is 0 Å². The van der Waals surface area contributed by atoms with Gasteiger partial charge in [-0.1, -0.05) is 82.7 Å². The van der Waals surface area contributed by atoms with E-state index in [-0.39, 0.29) is 11.9 Å². The van der Waals surface area contributed by atoms with Crippen molar-refractivity contribution in [1.29, 1.82) is 5.26 Å². The second-order valence-electron chi connectivity index (χ2n) is 10.3. The summed E-state index contributed by atoms with van der Waals surface area (Å²) in [4.78, 5) is 12.9. The fourth-order valence-electron chi connectivity index (χ4n) is 5.23. The average molecular weight is 474 g/mol. The van der Waals surface area contributed by atoms with Crippen LogP contribution in [0, 0.1) is 17.2 Å². The first-order valence-electron chi connectivity index (χ1n) is 14.0. The number of carbonyl (C=O) groups is 1. The summed E-state index contributed by atoms with van der Waals surface area (Å²) >= 11 is 0. The lowest BCUT2D eigenvalue weighted by Gasteiger charge is -2.27. The van der Waals surface area contributed by atoms with E-state index in [4.69, 9.17) is 4.74 Å². The Morgan fingerprint density at radius 1 is 0.829 bits per heavy atom. The Kier molecular flexibility index (Phi) is 11.4. The molecule has 0 saturated heterocycles. The largest absolute Gasteiger partial charge is 0.425 e. The highest BCUT2D eigenvalue weighted by molar-refractivity contribution is 5.76. The van der Waals surface area contributed by atoms with Crippen LogP contribution in [0.25, 0.3) is 0 Å². The van der Waals surface area contributed by atoms with Gasteiger partial charge in [-0.25, -0.2) is 0 Å². The Balaban J connectivity index is 1.47. The van der Waals surface area contributed by atoms with E-state index in [1.165, 1.54) is 62.5 Å². The molecule has 2 aromatic rings. The zero-order chi connectivity index (χ0) is 24.9. The van der Waals surface area contributed by atoms with E-state index in [9.17, 15) is 10.1 Å². The lowest BCUT2D eigenvalue weighted by molar-refractivity contribution is -0.140. The van der Waals surface area contributed by atoms with Gasteiger partial charge in [0.05, 0.1) is 11.5 Å². The fourth-order valence-corrected chi connectivity index (χ4v) is 5.23. The molecule has 2 aromatic carbocycles. The van der Waals surface area contributed by atoms with Gasteiger partial charge in [-0.3, -0.25) is 4.79 Å². The van der Waals surface area contributed by atoms with Crippen LogP contribution in [0.3, 0.4) is 0 Å². The number of ether oxygens (including phenoxy) is 1. The summed E-state index contributed by atoms with van der Waals surface area (Å²) in [6.45, 7) is 4.46. The van der Waals surface area contributed by atoms with Crippen molar-refractivity contribution in [2.45, 2.75) is 110 Å². The highest BCUT2D eigenvalue weighted by Gasteiger charge is 2.29. The molecule has 0 atom stereocenters. The van der Waals surface area contributed by atoms with Gasteiger partial charge in [0.25, 0.3) is 0 Å². The van der Waals surface area contributed by atoms with Crippen LogP contribution in [0.2, 0.25) is 0 Å². The Bertz CT molecular complexity index is 949. The molecule has 0 aliphatic heterocycles. The number of carbonyl (C=O) groups excluding carboxylic acids is 1. The molecule has 0 amide bonds. The topological polar surface area (TPSA) is 50.1 Å². The van der Waals surface area contributed by atoms with Crippen LogP contribution in [-0.4, -0.2) is 5.97 Å². The van der Waals surface area contributed by atoms with Crippen molar-refractivity contribution < 1.29 is 9.53 Å².